The van der Waals surface area contributed by atoms with Gasteiger partial charge in [-0.2, -0.15) is 0 Å². The predicted molar refractivity (Wildman–Crippen MR) is 157 cm³/mol. The van der Waals surface area contributed by atoms with E-state index in [-0.39, 0.29) is 12.8 Å². The van der Waals surface area contributed by atoms with Crippen LogP contribution in [0.1, 0.15) is 20.8 Å². The molecule has 0 atom stereocenters. The van der Waals surface area contributed by atoms with Crippen LogP contribution in [0.25, 0.3) is 0 Å². The zero-order chi connectivity index (χ0) is 28.9. The van der Waals surface area contributed by atoms with Crippen LogP contribution in [0.3, 0.4) is 0 Å². The third-order valence-electron chi connectivity index (χ3n) is 6.73. The van der Waals surface area contributed by atoms with E-state index in [2.05, 4.69) is 0 Å². The van der Waals surface area contributed by atoms with Crippen LogP contribution in [-0.2, 0) is 4.52 Å². The molecule has 0 radical (unpaired) electrons. The number of rotatable bonds is 13. The molecule has 0 aliphatic heterocycles. The van der Waals surface area contributed by atoms with Gasteiger partial charge in [0.1, 0.15) is 0 Å². The average Bonchev–Trinajstić information content (AvgIpc) is 2.94. The summed E-state index contributed by atoms with van der Waals surface area (Å²) >= 11 is 0. The number of methoxy groups -OCH3 is 6. The standard InChI is InChI=1S/C30H41O8P/c1-10-38-39(20-30(2,3)31,27-21(32-4)14-11-15-22(27)33-5,28-23(34-6)16-12-17-24(28)35-7)29-25(36-8)18-13-19-26(29)37-9/h11-19,31H,10,20H2,1-9H3. The summed E-state index contributed by atoms with van der Waals surface area (Å²) in [6.07, 6.45) is 0.0800. The van der Waals surface area contributed by atoms with Gasteiger partial charge in [-0.05, 0) is 0 Å². The molecule has 0 aromatic heterocycles. The zero-order valence-electron chi connectivity index (χ0n) is 24.4. The van der Waals surface area contributed by atoms with Crippen molar-refractivity contribution in [3.8, 4) is 34.5 Å². The van der Waals surface area contributed by atoms with Crippen molar-refractivity contribution < 1.29 is 38.1 Å². The summed E-state index contributed by atoms with van der Waals surface area (Å²) in [4.78, 5) is 0. The molecule has 9 heteroatoms. The fourth-order valence-electron chi connectivity index (χ4n) is 5.73. The Labute approximate surface area is 231 Å². The van der Waals surface area contributed by atoms with Crippen molar-refractivity contribution in [1.82, 2.24) is 0 Å². The Morgan fingerprint density at radius 2 is 0.821 bits per heavy atom. The Balaban J connectivity index is 2.97. The molecule has 3 aromatic carbocycles. The summed E-state index contributed by atoms with van der Waals surface area (Å²) in [6, 6.07) is 16.7. The molecule has 0 aliphatic carbocycles. The Morgan fingerprint density at radius 3 is 1.00 bits per heavy atom. The van der Waals surface area contributed by atoms with Gasteiger partial charge in [0, 0.05) is 0 Å². The van der Waals surface area contributed by atoms with Gasteiger partial charge < -0.3 is 0 Å². The number of ether oxygens (including phenoxy) is 6. The fourth-order valence-corrected chi connectivity index (χ4v) is 13.2. The minimum atomic E-state index is -4.55. The van der Waals surface area contributed by atoms with Crippen molar-refractivity contribution in [2.75, 3.05) is 55.4 Å². The quantitative estimate of drug-likeness (QED) is 0.310. The van der Waals surface area contributed by atoms with E-state index in [1.165, 1.54) is 0 Å². The van der Waals surface area contributed by atoms with Crippen LogP contribution in [0.15, 0.2) is 54.6 Å². The van der Waals surface area contributed by atoms with E-state index in [4.69, 9.17) is 32.9 Å². The number of hydrogen-bond donors (Lipinski definition) is 1. The SMILES string of the molecule is CCOP(CC(C)(C)O)(c1c(OC)cccc1OC)(c1c(OC)cccc1OC)c1c(OC)cccc1OC. The summed E-state index contributed by atoms with van der Waals surface area (Å²) in [5.41, 5.74) is -1.30. The Kier molecular flexibility index (Phi) is 9.27. The molecule has 0 aliphatic rings. The third-order valence-corrected chi connectivity index (χ3v) is 13.1. The van der Waals surface area contributed by atoms with Crippen molar-refractivity contribution in [3.05, 3.63) is 54.6 Å². The van der Waals surface area contributed by atoms with Crippen LogP contribution in [0.4, 0.5) is 0 Å². The van der Waals surface area contributed by atoms with Crippen LogP contribution < -0.4 is 44.3 Å². The molecule has 0 saturated heterocycles. The molecular weight excluding hydrogens is 519 g/mol. The first-order valence-corrected chi connectivity index (χ1v) is 15.0. The van der Waals surface area contributed by atoms with Gasteiger partial charge in [0.25, 0.3) is 0 Å². The van der Waals surface area contributed by atoms with Gasteiger partial charge in [0.05, 0.1) is 0 Å². The normalized spacial score (nSPS) is 12.7. The molecule has 0 heterocycles. The van der Waals surface area contributed by atoms with E-state index in [1.54, 1.807) is 56.5 Å². The van der Waals surface area contributed by atoms with Crippen LogP contribution >= 0.6 is 6.83 Å². The van der Waals surface area contributed by atoms with Crippen molar-refractivity contribution in [2.24, 2.45) is 0 Å². The van der Waals surface area contributed by atoms with Gasteiger partial charge in [-0.1, -0.05) is 0 Å². The number of aliphatic hydroxyl groups is 1. The molecule has 0 bridgehead atoms. The molecule has 39 heavy (non-hydrogen) atoms. The second-order valence-corrected chi connectivity index (χ2v) is 14.0. The second kappa shape index (κ2) is 11.9. The maximum atomic E-state index is 11.8. The van der Waals surface area contributed by atoms with Crippen LogP contribution in [0.2, 0.25) is 0 Å². The molecule has 0 spiro atoms. The molecule has 3 aromatic rings. The van der Waals surface area contributed by atoms with Gasteiger partial charge in [0.15, 0.2) is 0 Å². The van der Waals surface area contributed by atoms with Crippen LogP contribution in [0.5, 0.6) is 34.5 Å². The van der Waals surface area contributed by atoms with Crippen molar-refractivity contribution >= 4 is 22.7 Å². The van der Waals surface area contributed by atoms with E-state index in [1.807, 2.05) is 61.5 Å². The van der Waals surface area contributed by atoms with Gasteiger partial charge >= 0.3 is 232 Å². The van der Waals surface area contributed by atoms with Crippen LogP contribution in [0, 0.1) is 0 Å². The first-order chi connectivity index (χ1) is 18.6. The predicted octanol–water partition coefficient (Wildman–Crippen LogP) is 4.29. The average molecular weight is 561 g/mol. The van der Waals surface area contributed by atoms with Gasteiger partial charge in [-0.3, -0.25) is 0 Å². The van der Waals surface area contributed by atoms with E-state index in [0.29, 0.717) is 50.4 Å². The van der Waals surface area contributed by atoms with Gasteiger partial charge in [-0.15, -0.1) is 0 Å². The van der Waals surface area contributed by atoms with Gasteiger partial charge in [0.2, 0.25) is 0 Å². The van der Waals surface area contributed by atoms with E-state index in [9.17, 15) is 5.11 Å². The van der Waals surface area contributed by atoms with Crippen molar-refractivity contribution in [3.63, 3.8) is 0 Å². The van der Waals surface area contributed by atoms with Crippen LogP contribution in [-0.4, -0.2) is 66.1 Å². The maximum absolute atomic E-state index is 11.8. The first-order valence-electron chi connectivity index (χ1n) is 12.6. The molecule has 0 saturated carbocycles. The molecule has 0 fully saturated rings. The molecule has 8 nitrogen and oxygen atoms in total. The molecular formula is C30H41O8P. The summed E-state index contributed by atoms with van der Waals surface area (Å²) in [6.45, 7) is 1.11. The Morgan fingerprint density at radius 1 is 0.564 bits per heavy atom. The summed E-state index contributed by atoms with van der Waals surface area (Å²) in [5.74, 6) is 3.03. The second-order valence-electron chi connectivity index (χ2n) is 9.63. The minimum absolute atomic E-state index is 0.0800. The monoisotopic (exact) mass is 560 g/mol. The third kappa shape index (κ3) is 4.97. The number of benzene rings is 3. The van der Waals surface area contributed by atoms with Crippen molar-refractivity contribution in [1.29, 1.82) is 0 Å². The molecule has 3 rings (SSSR count). The topological polar surface area (TPSA) is 84.8 Å². The summed E-state index contributed by atoms with van der Waals surface area (Å²) in [5, 5.41) is 13.7. The fraction of sp³-hybridized carbons (Fsp3) is 0.400. The van der Waals surface area contributed by atoms with Crippen molar-refractivity contribution in [2.45, 2.75) is 26.4 Å². The molecule has 0 unspecified atom stereocenters. The summed E-state index contributed by atoms with van der Waals surface area (Å²) < 4.78 is 43.6. The van der Waals surface area contributed by atoms with Gasteiger partial charge in [-0.25, -0.2) is 0 Å². The van der Waals surface area contributed by atoms with E-state index >= 15 is 0 Å². The summed E-state index contributed by atoms with van der Waals surface area (Å²) in [7, 11) is 9.58. The molecule has 214 valence electrons. The zero-order valence-corrected chi connectivity index (χ0v) is 25.3. The Hall–Kier alpha value is -3.19. The van der Waals surface area contributed by atoms with E-state index < -0.39 is 12.4 Å². The molecule has 1 N–H and O–H groups in total. The Bertz CT molecular complexity index is 1080. The number of hydrogen-bond acceptors (Lipinski definition) is 8. The first kappa shape index (κ1) is 30.4. The molecule has 0 amide bonds. The van der Waals surface area contributed by atoms with E-state index in [0.717, 1.165) is 0 Å².